The van der Waals surface area contributed by atoms with Crippen LogP contribution >= 0.6 is 11.6 Å². The minimum Gasteiger partial charge on any atom is -0.481 e. The molecule has 0 fully saturated rings. The van der Waals surface area contributed by atoms with Crippen LogP contribution < -0.4 is 10.1 Å². The van der Waals surface area contributed by atoms with Gasteiger partial charge >= 0.3 is 5.97 Å². The number of rotatable bonds is 7. The first kappa shape index (κ1) is 17.2. The van der Waals surface area contributed by atoms with Crippen LogP contribution in [0, 0.1) is 0 Å². The Bertz CT molecular complexity index is 513. The Morgan fingerprint density at radius 2 is 2.10 bits per heavy atom. The number of carboxylic acid groups (broad SMARTS) is 1. The number of amides is 1. The summed E-state index contributed by atoms with van der Waals surface area (Å²) in [6.07, 6.45) is -4.86. The van der Waals surface area contributed by atoms with Crippen molar-refractivity contribution in [3.05, 3.63) is 29.3 Å². The number of halogens is 3. The third-order valence-corrected chi connectivity index (χ3v) is 2.74. The number of alkyl halides is 2. The lowest BCUT2D eigenvalue weighted by atomic mass is 10.2. The summed E-state index contributed by atoms with van der Waals surface area (Å²) in [5.41, 5.74) is 0. The van der Waals surface area contributed by atoms with Gasteiger partial charge in [0.2, 0.25) is 6.43 Å². The van der Waals surface area contributed by atoms with Crippen molar-refractivity contribution < 1.29 is 28.2 Å². The van der Waals surface area contributed by atoms with E-state index in [1.165, 1.54) is 13.0 Å². The Morgan fingerprint density at radius 3 is 2.62 bits per heavy atom. The number of hydrogen-bond acceptors (Lipinski definition) is 3. The molecule has 0 saturated carbocycles. The normalized spacial score (nSPS) is 13.6. The molecular formula is C13H14ClF2NO4. The van der Waals surface area contributed by atoms with Crippen molar-refractivity contribution >= 4 is 23.5 Å². The second-order valence-electron chi connectivity index (χ2n) is 4.24. The third kappa shape index (κ3) is 5.95. The van der Waals surface area contributed by atoms with Crippen molar-refractivity contribution in [2.45, 2.75) is 31.9 Å². The molecule has 0 aliphatic carbocycles. The number of carboxylic acids is 1. The van der Waals surface area contributed by atoms with E-state index < -0.39 is 36.9 Å². The van der Waals surface area contributed by atoms with Gasteiger partial charge in [-0.1, -0.05) is 17.7 Å². The average Bonchev–Trinajstić information content (AvgIpc) is 2.37. The van der Waals surface area contributed by atoms with Gasteiger partial charge in [-0.05, 0) is 25.1 Å². The van der Waals surface area contributed by atoms with E-state index in [4.69, 9.17) is 21.4 Å². The Labute approximate surface area is 124 Å². The summed E-state index contributed by atoms with van der Waals surface area (Å²) in [4.78, 5) is 22.5. The molecule has 0 bridgehead atoms. The molecule has 0 aliphatic heterocycles. The Balaban J connectivity index is 2.62. The molecule has 1 rings (SSSR count). The van der Waals surface area contributed by atoms with Gasteiger partial charge in [-0.25, -0.2) is 13.6 Å². The highest BCUT2D eigenvalue weighted by atomic mass is 35.5. The maximum atomic E-state index is 12.2. The fraction of sp³-hybridized carbons (Fsp3) is 0.385. The lowest BCUT2D eigenvalue weighted by molar-refractivity contribution is -0.144. The van der Waals surface area contributed by atoms with Crippen LogP contribution in [0.25, 0.3) is 0 Å². The van der Waals surface area contributed by atoms with E-state index in [1.807, 2.05) is 5.32 Å². The molecule has 0 aromatic heterocycles. The lowest BCUT2D eigenvalue weighted by Crippen LogP contribution is -2.47. The van der Waals surface area contributed by atoms with Crippen LogP contribution in [0.15, 0.2) is 24.3 Å². The van der Waals surface area contributed by atoms with E-state index in [2.05, 4.69) is 0 Å². The fourth-order valence-corrected chi connectivity index (χ4v) is 1.67. The zero-order valence-electron chi connectivity index (χ0n) is 11.1. The quantitative estimate of drug-likeness (QED) is 0.808. The molecule has 2 atom stereocenters. The van der Waals surface area contributed by atoms with Gasteiger partial charge in [0.05, 0.1) is 0 Å². The Hall–Kier alpha value is -1.89. The molecule has 116 valence electrons. The van der Waals surface area contributed by atoms with Crippen molar-refractivity contribution in [2.75, 3.05) is 0 Å². The van der Waals surface area contributed by atoms with Gasteiger partial charge in [-0.3, -0.25) is 4.79 Å². The molecule has 2 N–H and O–H groups in total. The molecule has 5 nitrogen and oxygen atoms in total. The first-order valence-electron chi connectivity index (χ1n) is 6.03. The van der Waals surface area contributed by atoms with E-state index in [-0.39, 0.29) is 0 Å². The van der Waals surface area contributed by atoms with Gasteiger partial charge in [0, 0.05) is 11.4 Å². The monoisotopic (exact) mass is 321 g/mol. The first-order chi connectivity index (χ1) is 9.79. The van der Waals surface area contributed by atoms with Gasteiger partial charge < -0.3 is 15.2 Å². The van der Waals surface area contributed by atoms with Crippen LogP contribution in [-0.4, -0.2) is 35.6 Å². The summed E-state index contributed by atoms with van der Waals surface area (Å²) < 4.78 is 29.7. The highest BCUT2D eigenvalue weighted by Gasteiger charge is 2.26. The Kier molecular flexibility index (Phi) is 6.36. The van der Waals surface area contributed by atoms with Gasteiger partial charge in [0.25, 0.3) is 5.91 Å². The Morgan fingerprint density at radius 1 is 1.43 bits per heavy atom. The summed E-state index contributed by atoms with van der Waals surface area (Å²) in [5.74, 6) is -2.02. The number of aliphatic carboxylic acids is 1. The third-order valence-electron chi connectivity index (χ3n) is 2.51. The second-order valence-corrected chi connectivity index (χ2v) is 4.68. The fourth-order valence-electron chi connectivity index (χ4n) is 1.49. The van der Waals surface area contributed by atoms with Gasteiger partial charge in [-0.15, -0.1) is 0 Å². The first-order valence-corrected chi connectivity index (χ1v) is 6.41. The largest absolute Gasteiger partial charge is 0.481 e. The van der Waals surface area contributed by atoms with E-state index in [9.17, 15) is 18.4 Å². The molecule has 21 heavy (non-hydrogen) atoms. The van der Waals surface area contributed by atoms with Crippen LogP contribution in [0.4, 0.5) is 8.78 Å². The number of nitrogens with one attached hydrogen (secondary N) is 1. The summed E-state index contributed by atoms with van der Waals surface area (Å²) in [5, 5.41) is 11.2. The van der Waals surface area contributed by atoms with Crippen molar-refractivity contribution in [3.63, 3.8) is 0 Å². The van der Waals surface area contributed by atoms with Crippen molar-refractivity contribution in [1.82, 2.24) is 5.32 Å². The van der Waals surface area contributed by atoms with Gasteiger partial charge in [0.15, 0.2) is 6.10 Å². The number of benzene rings is 1. The molecule has 0 saturated heterocycles. The topological polar surface area (TPSA) is 75.6 Å². The summed E-state index contributed by atoms with van der Waals surface area (Å²) in [6, 6.07) is 4.59. The maximum absolute atomic E-state index is 12.2. The average molecular weight is 322 g/mol. The highest BCUT2D eigenvalue weighted by molar-refractivity contribution is 6.30. The molecule has 0 heterocycles. The van der Waals surface area contributed by atoms with Crippen molar-refractivity contribution in [3.8, 4) is 5.75 Å². The van der Waals surface area contributed by atoms with E-state index >= 15 is 0 Å². The number of hydrogen-bond donors (Lipinski definition) is 2. The van der Waals surface area contributed by atoms with Crippen molar-refractivity contribution in [1.29, 1.82) is 0 Å². The minimum absolute atomic E-state index is 0.311. The number of carbonyl (C=O) groups is 2. The number of ether oxygens (including phenoxy) is 1. The SMILES string of the molecule is CC(Oc1cccc(Cl)c1)C(=O)NC(CC(F)F)C(=O)O. The standard InChI is InChI=1S/C13H14ClF2NO4/c1-7(21-9-4-2-3-8(14)5-9)12(18)17-10(13(19)20)6-11(15)16/h2-5,7,10-11H,6H2,1H3,(H,17,18)(H,19,20). The minimum atomic E-state index is -2.84. The second kappa shape index (κ2) is 7.78. The molecule has 0 spiro atoms. The zero-order chi connectivity index (χ0) is 16.0. The molecule has 1 aromatic carbocycles. The summed E-state index contributed by atoms with van der Waals surface area (Å²) in [7, 11) is 0. The van der Waals surface area contributed by atoms with Crippen LogP contribution in [0.2, 0.25) is 5.02 Å². The predicted octanol–water partition coefficient (Wildman–Crippen LogP) is 2.33. The van der Waals surface area contributed by atoms with Crippen LogP contribution in [-0.2, 0) is 9.59 Å². The molecule has 1 aromatic rings. The predicted molar refractivity (Wildman–Crippen MR) is 71.7 cm³/mol. The zero-order valence-corrected chi connectivity index (χ0v) is 11.8. The van der Waals surface area contributed by atoms with Gasteiger partial charge in [0.1, 0.15) is 11.8 Å². The highest BCUT2D eigenvalue weighted by Crippen LogP contribution is 2.18. The van der Waals surface area contributed by atoms with Crippen LogP contribution in [0.3, 0.4) is 0 Å². The van der Waals surface area contributed by atoms with Crippen LogP contribution in [0.1, 0.15) is 13.3 Å². The van der Waals surface area contributed by atoms with E-state index in [0.717, 1.165) is 0 Å². The molecule has 8 heteroatoms. The smallest absolute Gasteiger partial charge is 0.326 e. The molecule has 0 radical (unpaired) electrons. The molecular weight excluding hydrogens is 308 g/mol. The molecule has 2 unspecified atom stereocenters. The van der Waals surface area contributed by atoms with Crippen molar-refractivity contribution in [2.24, 2.45) is 0 Å². The number of carbonyl (C=O) groups excluding carboxylic acids is 1. The van der Waals surface area contributed by atoms with Gasteiger partial charge in [-0.2, -0.15) is 0 Å². The summed E-state index contributed by atoms with van der Waals surface area (Å²) >= 11 is 5.75. The molecule has 0 aliphatic rings. The van der Waals surface area contributed by atoms with E-state index in [1.54, 1.807) is 18.2 Å². The maximum Gasteiger partial charge on any atom is 0.326 e. The molecule has 1 amide bonds. The summed E-state index contributed by atoms with van der Waals surface area (Å²) in [6.45, 7) is 1.37. The van der Waals surface area contributed by atoms with Crippen LogP contribution in [0.5, 0.6) is 5.75 Å². The van der Waals surface area contributed by atoms with E-state index in [0.29, 0.717) is 10.8 Å². The lowest BCUT2D eigenvalue weighted by Gasteiger charge is -2.18.